The normalized spacial score (nSPS) is 16.2. The van der Waals surface area contributed by atoms with Gasteiger partial charge in [-0.05, 0) is 38.0 Å². The van der Waals surface area contributed by atoms with Crippen molar-refractivity contribution in [1.82, 2.24) is 19.7 Å². The van der Waals surface area contributed by atoms with E-state index in [1.807, 2.05) is 23.4 Å². The Bertz CT molecular complexity index is 752. The molecule has 1 atom stereocenters. The Balaban J connectivity index is 1.59. The lowest BCUT2D eigenvalue weighted by atomic mass is 10.1. The van der Waals surface area contributed by atoms with Gasteiger partial charge in [0.25, 0.3) is 0 Å². The third-order valence-corrected chi connectivity index (χ3v) is 5.94. The topological polar surface area (TPSA) is 54.3 Å². The quantitative estimate of drug-likeness (QED) is 0.784. The zero-order valence-electron chi connectivity index (χ0n) is 15.3. The number of aryl methyl sites for hydroxylation is 2. The van der Waals surface area contributed by atoms with Crippen molar-refractivity contribution in [3.63, 3.8) is 0 Å². The third-order valence-electron chi connectivity index (χ3n) is 4.81. The molecule has 0 saturated carbocycles. The maximum atomic E-state index is 12.7. The van der Waals surface area contributed by atoms with Gasteiger partial charge < -0.3 is 14.4 Å². The van der Waals surface area contributed by atoms with Gasteiger partial charge in [-0.15, -0.1) is 10.2 Å². The number of carbonyl (C=O) groups is 1. The number of aromatic nitrogens is 3. The van der Waals surface area contributed by atoms with Gasteiger partial charge in [-0.2, -0.15) is 0 Å². The first-order valence-electron chi connectivity index (χ1n) is 8.58. The highest BCUT2D eigenvalue weighted by atomic mass is 32.2. The van der Waals surface area contributed by atoms with Crippen LogP contribution < -0.4 is 4.90 Å². The Labute approximate surface area is 153 Å². The molecule has 1 aliphatic heterocycles. The summed E-state index contributed by atoms with van der Waals surface area (Å²) in [4.78, 5) is 17.1. The molecule has 3 rings (SSSR count). The molecule has 0 radical (unpaired) electrons. The maximum Gasteiger partial charge on any atom is 0.236 e. The van der Waals surface area contributed by atoms with Gasteiger partial charge in [0, 0.05) is 38.9 Å². The van der Waals surface area contributed by atoms with E-state index in [0.717, 1.165) is 31.3 Å². The molecule has 6 nitrogen and oxygen atoms in total. The van der Waals surface area contributed by atoms with Gasteiger partial charge in [0.05, 0.1) is 5.25 Å². The Morgan fingerprint density at radius 3 is 2.56 bits per heavy atom. The predicted molar refractivity (Wildman–Crippen MR) is 101 cm³/mol. The van der Waals surface area contributed by atoms with Gasteiger partial charge in [0.15, 0.2) is 5.16 Å². The van der Waals surface area contributed by atoms with Crippen LogP contribution in [-0.2, 0) is 11.8 Å². The van der Waals surface area contributed by atoms with Crippen LogP contribution in [0.2, 0.25) is 0 Å². The van der Waals surface area contributed by atoms with Crippen molar-refractivity contribution in [2.24, 2.45) is 7.05 Å². The van der Waals surface area contributed by atoms with E-state index in [1.165, 1.54) is 28.6 Å². The van der Waals surface area contributed by atoms with Crippen molar-refractivity contribution in [3.05, 3.63) is 35.7 Å². The van der Waals surface area contributed by atoms with Gasteiger partial charge in [0.1, 0.15) is 6.33 Å². The molecule has 2 aromatic rings. The van der Waals surface area contributed by atoms with Crippen LogP contribution in [0.25, 0.3) is 0 Å². The summed E-state index contributed by atoms with van der Waals surface area (Å²) in [5, 5.41) is 8.53. The lowest BCUT2D eigenvalue weighted by Crippen LogP contribution is -2.50. The first-order chi connectivity index (χ1) is 12.0. The molecule has 1 saturated heterocycles. The van der Waals surface area contributed by atoms with Crippen LogP contribution in [0, 0.1) is 13.8 Å². The molecule has 134 valence electrons. The SMILES string of the molecule is Cc1cccc(N2CCN(C(=O)C(C)Sc3nncn3C)CC2)c1C. The molecular weight excluding hydrogens is 334 g/mol. The lowest BCUT2D eigenvalue weighted by molar-refractivity contribution is -0.130. The highest BCUT2D eigenvalue weighted by Gasteiger charge is 2.27. The van der Waals surface area contributed by atoms with Gasteiger partial charge in [-0.1, -0.05) is 23.9 Å². The van der Waals surface area contributed by atoms with Crippen LogP contribution in [0.15, 0.2) is 29.7 Å². The number of amides is 1. The van der Waals surface area contributed by atoms with Gasteiger partial charge in [0.2, 0.25) is 5.91 Å². The second-order valence-electron chi connectivity index (χ2n) is 6.52. The van der Waals surface area contributed by atoms with Crippen molar-refractivity contribution in [3.8, 4) is 0 Å². The summed E-state index contributed by atoms with van der Waals surface area (Å²) >= 11 is 1.46. The average molecular weight is 359 g/mol. The Morgan fingerprint density at radius 2 is 1.92 bits per heavy atom. The van der Waals surface area contributed by atoms with Gasteiger partial charge >= 0.3 is 0 Å². The minimum atomic E-state index is -0.157. The summed E-state index contributed by atoms with van der Waals surface area (Å²) < 4.78 is 1.84. The molecule has 1 amide bonds. The van der Waals surface area contributed by atoms with Gasteiger partial charge in [-0.3, -0.25) is 4.79 Å². The van der Waals surface area contributed by atoms with Crippen LogP contribution >= 0.6 is 11.8 Å². The minimum absolute atomic E-state index is 0.157. The standard InChI is InChI=1S/C18H25N5OS/c1-13-6-5-7-16(14(13)2)22-8-10-23(11-9-22)17(24)15(3)25-18-20-19-12-21(18)4/h5-7,12,15H,8-11H2,1-4H3. The smallest absolute Gasteiger partial charge is 0.236 e. The molecule has 1 unspecified atom stereocenters. The fraction of sp³-hybridized carbons (Fsp3) is 0.500. The van der Waals surface area contributed by atoms with E-state index in [0.29, 0.717) is 0 Å². The van der Waals surface area contributed by atoms with E-state index in [-0.39, 0.29) is 11.2 Å². The highest BCUT2D eigenvalue weighted by Crippen LogP contribution is 2.25. The molecule has 0 aliphatic carbocycles. The predicted octanol–water partition coefficient (Wildman–Crippen LogP) is 2.26. The van der Waals surface area contributed by atoms with Crippen LogP contribution in [0.1, 0.15) is 18.1 Å². The molecule has 1 aromatic carbocycles. The lowest BCUT2D eigenvalue weighted by Gasteiger charge is -2.37. The molecule has 0 N–H and O–H groups in total. The number of benzene rings is 1. The summed E-state index contributed by atoms with van der Waals surface area (Å²) in [6.45, 7) is 9.52. The molecule has 0 spiro atoms. The summed E-state index contributed by atoms with van der Waals surface area (Å²) in [7, 11) is 1.89. The van der Waals surface area contributed by atoms with E-state index < -0.39 is 0 Å². The number of hydrogen-bond acceptors (Lipinski definition) is 5. The molecular formula is C18H25N5OS. The van der Waals surface area contributed by atoms with Gasteiger partial charge in [-0.25, -0.2) is 0 Å². The second-order valence-corrected chi connectivity index (χ2v) is 7.82. The van der Waals surface area contributed by atoms with Crippen LogP contribution in [0.4, 0.5) is 5.69 Å². The second kappa shape index (κ2) is 7.47. The summed E-state index contributed by atoms with van der Waals surface area (Å²) in [5.74, 6) is 0.175. The van der Waals surface area contributed by atoms with Crippen molar-refractivity contribution < 1.29 is 4.79 Å². The molecule has 2 heterocycles. The monoisotopic (exact) mass is 359 g/mol. The van der Waals surface area contributed by atoms with Crippen molar-refractivity contribution in [1.29, 1.82) is 0 Å². The van der Waals surface area contributed by atoms with Crippen LogP contribution in [-0.4, -0.2) is 57.0 Å². The van der Waals surface area contributed by atoms with Crippen molar-refractivity contribution in [2.75, 3.05) is 31.1 Å². The Kier molecular flexibility index (Phi) is 5.32. The van der Waals surface area contributed by atoms with E-state index in [2.05, 4.69) is 47.1 Å². The van der Waals surface area contributed by atoms with E-state index in [9.17, 15) is 4.79 Å². The largest absolute Gasteiger partial charge is 0.368 e. The molecule has 25 heavy (non-hydrogen) atoms. The van der Waals surface area contributed by atoms with Crippen molar-refractivity contribution in [2.45, 2.75) is 31.2 Å². The summed E-state index contributed by atoms with van der Waals surface area (Å²) in [5.41, 5.74) is 3.92. The summed E-state index contributed by atoms with van der Waals surface area (Å²) in [6, 6.07) is 6.42. The van der Waals surface area contributed by atoms with Crippen LogP contribution in [0.5, 0.6) is 0 Å². The zero-order valence-corrected chi connectivity index (χ0v) is 16.1. The number of thioether (sulfide) groups is 1. The first-order valence-corrected chi connectivity index (χ1v) is 9.46. The third kappa shape index (κ3) is 3.81. The maximum absolute atomic E-state index is 12.7. The Hall–Kier alpha value is -2.02. The molecule has 1 aromatic heterocycles. The number of carbonyl (C=O) groups excluding carboxylic acids is 1. The number of nitrogens with zero attached hydrogens (tertiary/aromatic N) is 5. The molecule has 7 heteroatoms. The molecule has 0 bridgehead atoms. The average Bonchev–Trinajstić information content (AvgIpc) is 3.01. The number of piperazine rings is 1. The zero-order chi connectivity index (χ0) is 18.0. The molecule has 1 aliphatic rings. The first kappa shape index (κ1) is 17.8. The Morgan fingerprint density at radius 1 is 1.20 bits per heavy atom. The number of hydrogen-bond donors (Lipinski definition) is 0. The molecule has 1 fully saturated rings. The number of anilines is 1. The van der Waals surface area contributed by atoms with E-state index >= 15 is 0 Å². The fourth-order valence-electron chi connectivity index (χ4n) is 3.09. The van der Waals surface area contributed by atoms with E-state index in [1.54, 1.807) is 6.33 Å². The highest BCUT2D eigenvalue weighted by molar-refractivity contribution is 8.00. The fourth-order valence-corrected chi connectivity index (χ4v) is 3.96. The van der Waals surface area contributed by atoms with Crippen LogP contribution in [0.3, 0.4) is 0 Å². The van der Waals surface area contributed by atoms with Crippen molar-refractivity contribution >= 4 is 23.4 Å². The minimum Gasteiger partial charge on any atom is -0.368 e. The summed E-state index contributed by atoms with van der Waals surface area (Å²) in [6.07, 6.45) is 1.66. The van der Waals surface area contributed by atoms with E-state index in [4.69, 9.17) is 0 Å². The number of rotatable bonds is 4.